The molecule has 0 atom stereocenters. The van der Waals surface area contributed by atoms with E-state index < -0.39 is 0 Å². The Kier molecular flexibility index (Phi) is 4.11. The second kappa shape index (κ2) is 5.62. The molecule has 2 nitrogen and oxygen atoms in total. The summed E-state index contributed by atoms with van der Waals surface area (Å²) in [5.74, 6) is 1.42. The van der Waals surface area contributed by atoms with Crippen molar-refractivity contribution in [2.75, 3.05) is 11.9 Å². The highest BCUT2D eigenvalue weighted by atomic mass is 35.5. The molecule has 0 aliphatic carbocycles. The number of aromatic nitrogens is 1. The van der Waals surface area contributed by atoms with Gasteiger partial charge >= 0.3 is 0 Å². The van der Waals surface area contributed by atoms with Crippen molar-refractivity contribution in [1.29, 1.82) is 0 Å². The molecule has 0 aliphatic rings. The van der Waals surface area contributed by atoms with Crippen LogP contribution in [0.1, 0.15) is 22.4 Å². The van der Waals surface area contributed by atoms with E-state index in [-0.39, 0.29) is 0 Å². The molecule has 19 heavy (non-hydrogen) atoms. The lowest BCUT2D eigenvalue weighted by Crippen LogP contribution is -2.14. The van der Waals surface area contributed by atoms with Crippen LogP contribution in [0.5, 0.6) is 0 Å². The quantitative estimate of drug-likeness (QED) is 0.766. The summed E-state index contributed by atoms with van der Waals surface area (Å²) in [7, 11) is 2.03. The Morgan fingerprint density at radius 1 is 1.16 bits per heavy atom. The van der Waals surface area contributed by atoms with E-state index in [0.29, 0.717) is 5.88 Å². The monoisotopic (exact) mass is 274 g/mol. The summed E-state index contributed by atoms with van der Waals surface area (Å²) in [6.45, 7) is 6.19. The van der Waals surface area contributed by atoms with Gasteiger partial charge in [0.25, 0.3) is 0 Å². The zero-order valence-electron chi connectivity index (χ0n) is 11.9. The van der Waals surface area contributed by atoms with Crippen LogP contribution in [0.15, 0.2) is 30.3 Å². The average molecular weight is 275 g/mol. The first kappa shape index (κ1) is 13.9. The van der Waals surface area contributed by atoms with Crippen molar-refractivity contribution in [3.63, 3.8) is 0 Å². The normalized spacial score (nSPS) is 10.6. The lowest BCUT2D eigenvalue weighted by molar-refractivity contribution is 1.04. The molecule has 0 bridgehead atoms. The number of halogens is 1. The Morgan fingerprint density at radius 2 is 1.89 bits per heavy atom. The lowest BCUT2D eigenvalue weighted by atomic mass is 10.1. The van der Waals surface area contributed by atoms with Crippen LogP contribution in [-0.4, -0.2) is 12.0 Å². The zero-order valence-corrected chi connectivity index (χ0v) is 12.6. The molecule has 0 radical (unpaired) electrons. The predicted molar refractivity (Wildman–Crippen MR) is 82.5 cm³/mol. The van der Waals surface area contributed by atoms with Crippen LogP contribution < -0.4 is 4.90 Å². The van der Waals surface area contributed by atoms with Crippen molar-refractivity contribution < 1.29 is 0 Å². The topological polar surface area (TPSA) is 16.1 Å². The number of hydrogen-bond donors (Lipinski definition) is 0. The summed E-state index contributed by atoms with van der Waals surface area (Å²) in [5, 5.41) is 0. The Bertz CT molecular complexity index is 593. The zero-order chi connectivity index (χ0) is 14.0. The van der Waals surface area contributed by atoms with Crippen LogP contribution in [0.4, 0.5) is 11.5 Å². The van der Waals surface area contributed by atoms with Gasteiger partial charge in [-0.1, -0.05) is 12.1 Å². The van der Waals surface area contributed by atoms with E-state index in [0.717, 1.165) is 22.8 Å². The van der Waals surface area contributed by atoms with Crippen LogP contribution in [0.25, 0.3) is 0 Å². The molecule has 1 aromatic heterocycles. The van der Waals surface area contributed by atoms with Gasteiger partial charge in [0.05, 0.1) is 5.88 Å². The Hall–Kier alpha value is -1.54. The fourth-order valence-corrected chi connectivity index (χ4v) is 2.58. The highest BCUT2D eigenvalue weighted by molar-refractivity contribution is 6.17. The number of nitrogens with zero attached hydrogens (tertiary/aromatic N) is 2. The third kappa shape index (κ3) is 2.90. The molecular formula is C16H19ClN2. The highest BCUT2D eigenvalue weighted by Crippen LogP contribution is 2.29. The van der Waals surface area contributed by atoms with Crippen molar-refractivity contribution in [2.24, 2.45) is 0 Å². The second-order valence-electron chi connectivity index (χ2n) is 4.91. The van der Waals surface area contributed by atoms with Crippen molar-refractivity contribution in [3.8, 4) is 0 Å². The van der Waals surface area contributed by atoms with Crippen LogP contribution in [0.2, 0.25) is 0 Å². The molecule has 2 aromatic rings. The van der Waals surface area contributed by atoms with Gasteiger partial charge in [-0.05, 0) is 50.1 Å². The lowest BCUT2D eigenvalue weighted by Gasteiger charge is -2.23. The van der Waals surface area contributed by atoms with Gasteiger partial charge in [0.1, 0.15) is 5.82 Å². The standard InChI is InChI=1S/C16H19ClN2/c1-11-6-5-7-14(8-11)19(4)16-15(10-17)12(2)9-13(3)18-16/h5-9H,10H2,1-4H3. The van der Waals surface area contributed by atoms with Crippen molar-refractivity contribution in [1.82, 2.24) is 4.98 Å². The maximum Gasteiger partial charge on any atom is 0.137 e. The van der Waals surface area contributed by atoms with Crippen LogP contribution in [-0.2, 0) is 5.88 Å². The molecule has 1 aromatic carbocycles. The second-order valence-corrected chi connectivity index (χ2v) is 5.18. The first-order valence-electron chi connectivity index (χ1n) is 6.36. The van der Waals surface area contributed by atoms with Crippen molar-refractivity contribution >= 4 is 23.1 Å². The maximum absolute atomic E-state index is 6.09. The fourth-order valence-electron chi connectivity index (χ4n) is 2.25. The van der Waals surface area contributed by atoms with Gasteiger partial charge in [0.15, 0.2) is 0 Å². The molecule has 2 rings (SSSR count). The third-order valence-electron chi connectivity index (χ3n) is 3.29. The molecule has 0 spiro atoms. The minimum Gasteiger partial charge on any atom is -0.329 e. The Morgan fingerprint density at radius 3 is 2.53 bits per heavy atom. The van der Waals surface area contributed by atoms with Crippen LogP contribution >= 0.6 is 11.6 Å². The van der Waals surface area contributed by atoms with E-state index in [9.17, 15) is 0 Å². The molecule has 0 unspecified atom stereocenters. The first-order valence-corrected chi connectivity index (χ1v) is 6.90. The van der Waals surface area contributed by atoms with E-state index in [2.05, 4.69) is 54.1 Å². The highest BCUT2D eigenvalue weighted by Gasteiger charge is 2.13. The maximum atomic E-state index is 6.09. The number of benzene rings is 1. The van der Waals surface area contributed by atoms with Crippen molar-refractivity contribution in [3.05, 3.63) is 52.7 Å². The summed E-state index contributed by atoms with van der Waals surface area (Å²) >= 11 is 6.09. The molecule has 0 fully saturated rings. The number of rotatable bonds is 3. The summed E-state index contributed by atoms with van der Waals surface area (Å²) in [4.78, 5) is 6.75. The minimum absolute atomic E-state index is 0.477. The van der Waals surface area contributed by atoms with E-state index in [4.69, 9.17) is 11.6 Å². The fraction of sp³-hybridized carbons (Fsp3) is 0.312. The van der Waals surface area contributed by atoms with Gasteiger partial charge in [-0.2, -0.15) is 0 Å². The molecule has 0 saturated carbocycles. The number of anilines is 2. The number of aryl methyl sites for hydroxylation is 3. The molecule has 0 saturated heterocycles. The Balaban J connectivity index is 2.52. The van der Waals surface area contributed by atoms with Gasteiger partial charge in [0, 0.05) is 24.0 Å². The summed E-state index contributed by atoms with van der Waals surface area (Å²) in [6, 6.07) is 10.5. The van der Waals surface area contributed by atoms with Gasteiger partial charge in [-0.3, -0.25) is 0 Å². The van der Waals surface area contributed by atoms with Crippen molar-refractivity contribution in [2.45, 2.75) is 26.7 Å². The smallest absolute Gasteiger partial charge is 0.137 e. The van der Waals surface area contributed by atoms with Gasteiger partial charge in [-0.15, -0.1) is 11.6 Å². The SMILES string of the molecule is Cc1cccc(N(C)c2nc(C)cc(C)c2CCl)c1. The number of hydrogen-bond acceptors (Lipinski definition) is 2. The van der Waals surface area contributed by atoms with Crippen LogP contribution in [0, 0.1) is 20.8 Å². The minimum atomic E-state index is 0.477. The van der Waals surface area contributed by atoms with E-state index in [1.807, 2.05) is 14.0 Å². The predicted octanol–water partition coefficient (Wildman–Crippen LogP) is 4.51. The van der Waals surface area contributed by atoms with Gasteiger partial charge in [0.2, 0.25) is 0 Å². The van der Waals surface area contributed by atoms with Gasteiger partial charge < -0.3 is 4.90 Å². The van der Waals surface area contributed by atoms with Crippen LogP contribution in [0.3, 0.4) is 0 Å². The molecular weight excluding hydrogens is 256 g/mol. The largest absolute Gasteiger partial charge is 0.329 e. The molecule has 100 valence electrons. The first-order chi connectivity index (χ1) is 9.02. The van der Waals surface area contributed by atoms with E-state index in [1.54, 1.807) is 0 Å². The molecule has 3 heteroatoms. The van der Waals surface area contributed by atoms with E-state index in [1.165, 1.54) is 11.1 Å². The van der Waals surface area contributed by atoms with Gasteiger partial charge in [-0.25, -0.2) is 4.98 Å². The summed E-state index contributed by atoms with van der Waals surface area (Å²) < 4.78 is 0. The molecule has 0 N–H and O–H groups in total. The number of pyridine rings is 1. The number of alkyl halides is 1. The third-order valence-corrected chi connectivity index (χ3v) is 3.56. The Labute approximate surface area is 120 Å². The summed E-state index contributed by atoms with van der Waals surface area (Å²) in [6.07, 6.45) is 0. The summed E-state index contributed by atoms with van der Waals surface area (Å²) in [5.41, 5.74) is 5.67. The average Bonchev–Trinajstić information content (AvgIpc) is 2.37. The molecule has 0 amide bonds. The van der Waals surface area contributed by atoms with E-state index >= 15 is 0 Å². The molecule has 1 heterocycles. The molecule has 0 aliphatic heterocycles.